The number of amides is 1. The average Bonchev–Trinajstić information content (AvgIpc) is 3.03. The molecule has 25 heavy (non-hydrogen) atoms. The van der Waals surface area contributed by atoms with E-state index in [2.05, 4.69) is 42.3 Å². The van der Waals surface area contributed by atoms with Gasteiger partial charge in [0.15, 0.2) is 5.76 Å². The van der Waals surface area contributed by atoms with Gasteiger partial charge in [0.05, 0.1) is 12.6 Å². The maximum Gasteiger partial charge on any atom is 0.223 e. The molecule has 0 radical (unpaired) electrons. The second-order valence-corrected chi connectivity index (χ2v) is 8.68. The Kier molecular flexibility index (Phi) is 3.30. The minimum atomic E-state index is -0.223. The summed E-state index contributed by atoms with van der Waals surface area (Å²) in [5.74, 6) is 2.70. The molecule has 4 nitrogen and oxygen atoms in total. The molecule has 2 unspecified atom stereocenters. The summed E-state index contributed by atoms with van der Waals surface area (Å²) < 4.78 is 0. The third-order valence-electron chi connectivity index (χ3n) is 7.16. The van der Waals surface area contributed by atoms with Gasteiger partial charge in [-0.05, 0) is 68.4 Å². The topological polar surface area (TPSA) is 55.6 Å². The largest absolute Gasteiger partial charge is 0.405 e. The smallest absolute Gasteiger partial charge is 0.223 e. The predicted molar refractivity (Wildman–Crippen MR) is 95.9 cm³/mol. The molecule has 4 fully saturated rings. The fraction of sp³-hybridized carbons (Fsp3) is 0.571. The molecule has 6 rings (SSSR count). The van der Waals surface area contributed by atoms with Crippen molar-refractivity contribution >= 4 is 11.7 Å². The standard InChI is InChI=1S/C21H26N2O2/c1-13-4-2-3-5-17(13)18-6-7-23(25-18)19-15-8-14-9-16(19)12-21(10-14,11-15)20(22)24/h2-6,14-16,19H,7-12H2,1H3,(H2,22,24). The second-order valence-electron chi connectivity index (χ2n) is 8.68. The first-order valence-electron chi connectivity index (χ1n) is 9.56. The molecule has 1 aromatic carbocycles. The Morgan fingerprint density at radius 3 is 2.60 bits per heavy atom. The van der Waals surface area contributed by atoms with Crippen molar-refractivity contribution in [1.29, 1.82) is 0 Å². The lowest BCUT2D eigenvalue weighted by molar-refractivity contribution is -0.197. The molecule has 1 amide bonds. The van der Waals surface area contributed by atoms with Crippen molar-refractivity contribution in [2.45, 2.75) is 45.1 Å². The Balaban J connectivity index is 1.37. The molecular weight excluding hydrogens is 312 g/mol. The summed E-state index contributed by atoms with van der Waals surface area (Å²) in [4.78, 5) is 18.4. The van der Waals surface area contributed by atoms with Gasteiger partial charge >= 0.3 is 0 Å². The van der Waals surface area contributed by atoms with Crippen molar-refractivity contribution in [2.75, 3.05) is 6.54 Å². The van der Waals surface area contributed by atoms with Gasteiger partial charge in [-0.15, -0.1) is 5.06 Å². The molecule has 2 N–H and O–H groups in total. The third kappa shape index (κ3) is 2.27. The van der Waals surface area contributed by atoms with Gasteiger partial charge in [-0.2, -0.15) is 0 Å². The Hall–Kier alpha value is -1.81. The molecule has 0 aromatic heterocycles. The van der Waals surface area contributed by atoms with Crippen LogP contribution >= 0.6 is 0 Å². The number of hydrogen-bond donors (Lipinski definition) is 1. The number of rotatable bonds is 3. The molecule has 2 atom stereocenters. The van der Waals surface area contributed by atoms with E-state index in [1.165, 1.54) is 24.0 Å². The molecule has 5 aliphatic rings. The summed E-state index contributed by atoms with van der Waals surface area (Å²) >= 11 is 0. The molecular formula is C21H26N2O2. The highest BCUT2D eigenvalue weighted by Crippen LogP contribution is 2.61. The van der Waals surface area contributed by atoms with E-state index < -0.39 is 0 Å². The molecule has 1 aliphatic heterocycles. The summed E-state index contributed by atoms with van der Waals surface area (Å²) in [5, 5.41) is 2.20. The lowest BCUT2D eigenvalue weighted by Gasteiger charge is -2.59. The maximum absolute atomic E-state index is 12.1. The zero-order valence-electron chi connectivity index (χ0n) is 14.8. The van der Waals surface area contributed by atoms with Crippen LogP contribution in [0.4, 0.5) is 0 Å². The first-order valence-corrected chi connectivity index (χ1v) is 9.56. The highest BCUT2D eigenvalue weighted by atomic mass is 16.7. The fourth-order valence-corrected chi connectivity index (χ4v) is 6.33. The molecule has 0 spiro atoms. The molecule has 132 valence electrons. The number of nitrogens with two attached hydrogens (primary N) is 1. The normalized spacial score (nSPS) is 39.3. The fourth-order valence-electron chi connectivity index (χ4n) is 6.33. The number of benzene rings is 1. The third-order valence-corrected chi connectivity index (χ3v) is 7.16. The van der Waals surface area contributed by atoms with E-state index in [4.69, 9.17) is 10.6 Å². The van der Waals surface area contributed by atoms with Crippen molar-refractivity contribution in [1.82, 2.24) is 5.06 Å². The summed E-state index contributed by atoms with van der Waals surface area (Å²) in [5.41, 5.74) is 8.01. The van der Waals surface area contributed by atoms with Crippen LogP contribution in [0.2, 0.25) is 0 Å². The number of primary amides is 1. The summed E-state index contributed by atoms with van der Waals surface area (Å²) in [7, 11) is 0. The van der Waals surface area contributed by atoms with E-state index in [9.17, 15) is 4.79 Å². The predicted octanol–water partition coefficient (Wildman–Crippen LogP) is 3.26. The Labute approximate surface area is 149 Å². The van der Waals surface area contributed by atoms with E-state index in [1.807, 2.05) is 0 Å². The molecule has 4 bridgehead atoms. The van der Waals surface area contributed by atoms with Gasteiger partial charge in [0.1, 0.15) is 0 Å². The monoisotopic (exact) mass is 338 g/mol. The zero-order valence-corrected chi connectivity index (χ0v) is 14.8. The first-order chi connectivity index (χ1) is 12.1. The molecule has 0 saturated heterocycles. The lowest BCUT2D eigenvalue weighted by Crippen LogP contribution is -2.61. The molecule has 4 aliphatic carbocycles. The second kappa shape index (κ2) is 5.34. The minimum absolute atomic E-state index is 0.0635. The zero-order chi connectivity index (χ0) is 17.2. The summed E-state index contributed by atoms with van der Waals surface area (Å²) in [6.07, 6.45) is 7.61. The maximum atomic E-state index is 12.1. The van der Waals surface area contributed by atoms with Crippen LogP contribution in [-0.4, -0.2) is 23.6 Å². The highest BCUT2D eigenvalue weighted by molar-refractivity contribution is 5.81. The molecule has 4 saturated carbocycles. The summed E-state index contributed by atoms with van der Waals surface area (Å²) in [6.45, 7) is 2.97. The minimum Gasteiger partial charge on any atom is -0.405 e. The lowest BCUT2D eigenvalue weighted by atomic mass is 9.47. The van der Waals surface area contributed by atoms with E-state index in [0.717, 1.165) is 31.6 Å². The van der Waals surface area contributed by atoms with Crippen LogP contribution in [-0.2, 0) is 9.63 Å². The van der Waals surface area contributed by atoms with Gasteiger partial charge in [-0.3, -0.25) is 4.79 Å². The quantitative estimate of drug-likeness (QED) is 0.920. The van der Waals surface area contributed by atoms with E-state index in [1.54, 1.807) is 0 Å². The van der Waals surface area contributed by atoms with Crippen LogP contribution in [0, 0.1) is 30.1 Å². The van der Waals surface area contributed by atoms with Crippen LogP contribution in [0.15, 0.2) is 30.3 Å². The van der Waals surface area contributed by atoms with Gasteiger partial charge < -0.3 is 10.6 Å². The average molecular weight is 338 g/mol. The molecule has 1 heterocycles. The van der Waals surface area contributed by atoms with Crippen molar-refractivity contribution in [3.8, 4) is 0 Å². The number of carbonyl (C=O) groups is 1. The van der Waals surface area contributed by atoms with Gasteiger partial charge in [-0.1, -0.05) is 24.3 Å². The van der Waals surface area contributed by atoms with Crippen LogP contribution in [0.25, 0.3) is 5.76 Å². The van der Waals surface area contributed by atoms with Crippen LogP contribution in [0.1, 0.15) is 43.2 Å². The number of carbonyl (C=O) groups excluding carboxylic acids is 1. The molecule has 4 heteroatoms. The van der Waals surface area contributed by atoms with Crippen LogP contribution in [0.5, 0.6) is 0 Å². The number of hydrogen-bond acceptors (Lipinski definition) is 3. The van der Waals surface area contributed by atoms with Crippen LogP contribution < -0.4 is 5.73 Å². The first kappa shape index (κ1) is 15.4. The Morgan fingerprint density at radius 1 is 1.20 bits per heavy atom. The van der Waals surface area contributed by atoms with Gasteiger partial charge in [-0.25, -0.2) is 0 Å². The Morgan fingerprint density at radius 2 is 1.92 bits per heavy atom. The number of nitrogens with zero attached hydrogens (tertiary/aromatic N) is 1. The Bertz CT molecular complexity index is 740. The van der Waals surface area contributed by atoms with E-state index in [-0.39, 0.29) is 11.3 Å². The van der Waals surface area contributed by atoms with Crippen molar-refractivity contribution in [2.24, 2.45) is 28.9 Å². The summed E-state index contributed by atoms with van der Waals surface area (Å²) in [6, 6.07) is 8.81. The molecule has 1 aromatic rings. The highest BCUT2D eigenvalue weighted by Gasteiger charge is 2.59. The van der Waals surface area contributed by atoms with Gasteiger partial charge in [0.2, 0.25) is 5.91 Å². The van der Waals surface area contributed by atoms with E-state index in [0.29, 0.717) is 23.8 Å². The van der Waals surface area contributed by atoms with Gasteiger partial charge in [0.25, 0.3) is 0 Å². The SMILES string of the molecule is Cc1ccccc1C1=CCN(C2C3CC4CC2CC(C(N)=O)(C4)C3)O1. The van der Waals surface area contributed by atoms with Crippen LogP contribution in [0.3, 0.4) is 0 Å². The van der Waals surface area contributed by atoms with Gasteiger partial charge in [0, 0.05) is 11.0 Å². The number of aryl methyl sites for hydroxylation is 1. The van der Waals surface area contributed by atoms with Crippen molar-refractivity contribution in [3.05, 3.63) is 41.5 Å². The van der Waals surface area contributed by atoms with E-state index >= 15 is 0 Å². The number of hydroxylamine groups is 2. The van der Waals surface area contributed by atoms with Crippen molar-refractivity contribution < 1.29 is 9.63 Å². The van der Waals surface area contributed by atoms with Crippen molar-refractivity contribution in [3.63, 3.8) is 0 Å².